The minimum Gasteiger partial charge on any atom is -0.472 e. The summed E-state index contributed by atoms with van der Waals surface area (Å²) in [5, 5.41) is 9.84. The number of hydrogen-bond acceptors (Lipinski definition) is 5. The van der Waals surface area contributed by atoms with Crippen LogP contribution in [0.2, 0.25) is 0 Å². The van der Waals surface area contributed by atoms with Crippen molar-refractivity contribution in [1.29, 1.82) is 0 Å². The van der Waals surface area contributed by atoms with Crippen LogP contribution in [0.25, 0.3) is 5.57 Å². The lowest BCUT2D eigenvalue weighted by Gasteiger charge is -2.37. The van der Waals surface area contributed by atoms with Gasteiger partial charge in [0, 0.05) is 31.7 Å². The molecule has 0 saturated heterocycles. The first kappa shape index (κ1) is 24.4. The van der Waals surface area contributed by atoms with Crippen LogP contribution in [0, 0.1) is 11.7 Å². The second kappa shape index (κ2) is 10.7. The van der Waals surface area contributed by atoms with Gasteiger partial charge in [0.25, 0.3) is 5.91 Å². The molecule has 1 aliphatic heterocycles. The summed E-state index contributed by atoms with van der Waals surface area (Å²) in [7, 11) is 2.00. The number of fused-ring (bicyclic) bond motifs is 1. The summed E-state index contributed by atoms with van der Waals surface area (Å²) >= 11 is 0. The van der Waals surface area contributed by atoms with Crippen LogP contribution in [0.15, 0.2) is 42.6 Å². The molecule has 1 N–H and O–H groups in total. The summed E-state index contributed by atoms with van der Waals surface area (Å²) < 4.78 is 19.7. The third-order valence-corrected chi connectivity index (χ3v) is 6.79. The van der Waals surface area contributed by atoms with Crippen molar-refractivity contribution in [1.82, 2.24) is 14.8 Å². The van der Waals surface area contributed by atoms with Gasteiger partial charge in [-0.05, 0) is 68.1 Å². The molecule has 6 nitrogen and oxygen atoms in total. The number of aliphatic hydroxyl groups excluding tert-OH is 1. The van der Waals surface area contributed by atoms with E-state index in [1.54, 1.807) is 23.2 Å². The third kappa shape index (κ3) is 5.47. The second-order valence-corrected chi connectivity index (χ2v) is 9.64. The molecule has 1 aromatic heterocycles. The summed E-state index contributed by atoms with van der Waals surface area (Å²) in [5.41, 5.74) is 3.64. The highest BCUT2D eigenvalue weighted by Gasteiger charge is 2.34. The van der Waals surface area contributed by atoms with Gasteiger partial charge in [-0.3, -0.25) is 9.69 Å². The maximum atomic E-state index is 13.5. The van der Waals surface area contributed by atoms with Crippen molar-refractivity contribution in [3.63, 3.8) is 0 Å². The van der Waals surface area contributed by atoms with E-state index < -0.39 is 0 Å². The first-order chi connectivity index (χ1) is 16.4. The number of hydrogen-bond donors (Lipinski definition) is 1. The van der Waals surface area contributed by atoms with Crippen LogP contribution < -0.4 is 4.74 Å². The van der Waals surface area contributed by atoms with Gasteiger partial charge in [0.05, 0.1) is 12.6 Å². The van der Waals surface area contributed by atoms with Crippen molar-refractivity contribution in [3.05, 3.63) is 65.1 Å². The molecule has 34 heavy (non-hydrogen) atoms. The Morgan fingerprint density at radius 2 is 2.09 bits per heavy atom. The molecule has 0 unspecified atom stereocenters. The number of ether oxygens (including phenoxy) is 1. The predicted octanol–water partition coefficient (Wildman–Crippen LogP) is 4.14. The van der Waals surface area contributed by atoms with Crippen molar-refractivity contribution >= 4 is 11.5 Å². The zero-order valence-electron chi connectivity index (χ0n) is 20.2. The van der Waals surface area contributed by atoms with Crippen LogP contribution in [0.1, 0.15) is 54.6 Å². The number of benzene rings is 1. The summed E-state index contributed by atoms with van der Waals surface area (Å²) in [6.07, 6.45) is 6.94. The highest BCUT2D eigenvalue weighted by molar-refractivity contribution is 5.97. The fourth-order valence-corrected chi connectivity index (χ4v) is 4.70. The molecule has 3 atom stereocenters. The fraction of sp³-hybridized carbons (Fsp3) is 0.481. The number of halogens is 1. The summed E-state index contributed by atoms with van der Waals surface area (Å²) in [5.74, 6) is -0.0500. The van der Waals surface area contributed by atoms with E-state index in [2.05, 4.69) is 22.9 Å². The van der Waals surface area contributed by atoms with Gasteiger partial charge >= 0.3 is 0 Å². The molecule has 1 aliphatic carbocycles. The normalized spacial score (nSPS) is 21.5. The van der Waals surface area contributed by atoms with Gasteiger partial charge in [-0.25, -0.2) is 9.37 Å². The Balaban J connectivity index is 1.61. The van der Waals surface area contributed by atoms with E-state index in [1.165, 1.54) is 17.7 Å². The predicted molar refractivity (Wildman–Crippen MR) is 130 cm³/mol. The number of aliphatic hydroxyl groups is 1. The smallest absolute Gasteiger partial charge is 0.259 e. The second-order valence-electron chi connectivity index (χ2n) is 9.64. The number of pyridine rings is 1. The van der Waals surface area contributed by atoms with Gasteiger partial charge < -0.3 is 14.7 Å². The van der Waals surface area contributed by atoms with Crippen molar-refractivity contribution < 1.29 is 19.0 Å². The van der Waals surface area contributed by atoms with E-state index in [4.69, 9.17) is 4.74 Å². The lowest BCUT2D eigenvalue weighted by Crippen LogP contribution is -2.49. The van der Waals surface area contributed by atoms with Crippen LogP contribution >= 0.6 is 0 Å². The number of rotatable bonds is 7. The number of amides is 1. The van der Waals surface area contributed by atoms with Crippen LogP contribution in [0.5, 0.6) is 5.88 Å². The van der Waals surface area contributed by atoms with E-state index in [-0.39, 0.29) is 36.4 Å². The van der Waals surface area contributed by atoms with Crippen LogP contribution in [0.4, 0.5) is 4.39 Å². The summed E-state index contributed by atoms with van der Waals surface area (Å²) in [6.45, 7) is 5.55. The number of allylic oxidation sites excluding steroid dienone is 2. The standard InChI is InChI=1S/C27H34FN3O3/c1-18-14-31(19(2)17-32)27(33)24-12-22(21-6-4-5-7-21)13-29-26(24)34-25(18)16-30(3)15-20-8-10-23(28)11-9-20/h6,8-13,18-19,25,32H,4-5,7,14-17H2,1-3H3/t18-,19-,25+/m0/s1. The molecule has 4 rings (SSSR count). The lowest BCUT2D eigenvalue weighted by atomic mass is 9.99. The average Bonchev–Trinajstić information content (AvgIpc) is 3.37. The molecule has 0 bridgehead atoms. The van der Waals surface area contributed by atoms with Gasteiger partial charge in [-0.15, -0.1) is 0 Å². The summed E-state index contributed by atoms with van der Waals surface area (Å²) in [4.78, 5) is 22.0. The Morgan fingerprint density at radius 3 is 2.76 bits per heavy atom. The molecular formula is C27H34FN3O3. The molecule has 2 aliphatic rings. The number of carbonyl (C=O) groups is 1. The number of carbonyl (C=O) groups excluding carboxylic acids is 1. The Hall–Kier alpha value is -2.77. The number of nitrogens with zero attached hydrogens (tertiary/aromatic N) is 3. The lowest BCUT2D eigenvalue weighted by molar-refractivity contribution is 0.0325. The molecule has 1 aromatic carbocycles. The highest BCUT2D eigenvalue weighted by atomic mass is 19.1. The maximum Gasteiger partial charge on any atom is 0.259 e. The highest BCUT2D eigenvalue weighted by Crippen LogP contribution is 2.32. The molecule has 2 heterocycles. The van der Waals surface area contributed by atoms with E-state index >= 15 is 0 Å². The van der Waals surface area contributed by atoms with Crippen molar-refractivity contribution in [2.75, 3.05) is 26.7 Å². The minimum atomic E-state index is -0.312. The van der Waals surface area contributed by atoms with Gasteiger partial charge in [-0.2, -0.15) is 0 Å². The quantitative estimate of drug-likeness (QED) is 0.663. The fourth-order valence-electron chi connectivity index (χ4n) is 4.70. The maximum absolute atomic E-state index is 13.5. The van der Waals surface area contributed by atoms with Crippen LogP contribution in [-0.4, -0.2) is 64.7 Å². The first-order valence-electron chi connectivity index (χ1n) is 12.1. The zero-order chi connectivity index (χ0) is 24.2. The first-order valence-corrected chi connectivity index (χ1v) is 12.1. The topological polar surface area (TPSA) is 65.9 Å². The molecule has 0 fully saturated rings. The van der Waals surface area contributed by atoms with Crippen molar-refractivity contribution in [2.24, 2.45) is 5.92 Å². The third-order valence-electron chi connectivity index (χ3n) is 6.79. The average molecular weight is 468 g/mol. The van der Waals surface area contributed by atoms with Crippen LogP contribution in [-0.2, 0) is 6.54 Å². The van der Waals surface area contributed by atoms with E-state index in [0.717, 1.165) is 30.4 Å². The molecular weight excluding hydrogens is 433 g/mol. The minimum absolute atomic E-state index is 0.0146. The molecule has 0 spiro atoms. The Kier molecular flexibility index (Phi) is 7.63. The number of aromatic nitrogens is 1. The molecule has 2 aromatic rings. The largest absolute Gasteiger partial charge is 0.472 e. The molecule has 0 saturated carbocycles. The molecule has 1 amide bonds. The zero-order valence-corrected chi connectivity index (χ0v) is 20.2. The Morgan fingerprint density at radius 1 is 1.32 bits per heavy atom. The van der Waals surface area contributed by atoms with Crippen LogP contribution in [0.3, 0.4) is 0 Å². The van der Waals surface area contributed by atoms with Gasteiger partial charge in [0.15, 0.2) is 0 Å². The Bertz CT molecular complexity index is 1040. The SMILES string of the molecule is C[C@H]1CN([C@@H](C)CO)C(=O)c2cc(C3=CCCC3)cnc2O[C@@H]1CN(C)Cc1ccc(F)cc1. The van der Waals surface area contributed by atoms with Gasteiger partial charge in [-0.1, -0.05) is 25.1 Å². The van der Waals surface area contributed by atoms with Gasteiger partial charge in [0.1, 0.15) is 17.5 Å². The van der Waals surface area contributed by atoms with E-state index in [0.29, 0.717) is 31.1 Å². The Labute approximate surface area is 201 Å². The molecule has 182 valence electrons. The monoisotopic (exact) mass is 467 g/mol. The van der Waals surface area contributed by atoms with Gasteiger partial charge in [0.2, 0.25) is 5.88 Å². The van der Waals surface area contributed by atoms with Crippen molar-refractivity contribution in [3.8, 4) is 5.88 Å². The summed E-state index contributed by atoms with van der Waals surface area (Å²) in [6, 6.07) is 8.09. The van der Waals surface area contributed by atoms with E-state index in [9.17, 15) is 14.3 Å². The van der Waals surface area contributed by atoms with E-state index in [1.807, 2.05) is 20.0 Å². The molecule has 7 heteroatoms. The van der Waals surface area contributed by atoms with Crippen molar-refractivity contribution in [2.45, 2.75) is 51.8 Å². The number of likely N-dealkylation sites (N-methyl/N-ethyl adjacent to an activating group) is 1. The molecule has 0 radical (unpaired) electrons.